The van der Waals surface area contributed by atoms with E-state index in [9.17, 15) is 13.2 Å². The summed E-state index contributed by atoms with van der Waals surface area (Å²) >= 11 is 3.39. The topological polar surface area (TPSA) is 54.6 Å². The second-order valence-corrected chi connectivity index (χ2v) is 7.37. The monoisotopic (exact) mass is 527 g/mol. The molecule has 1 atom stereocenters. The van der Waals surface area contributed by atoms with Crippen molar-refractivity contribution in [3.8, 4) is 0 Å². The first-order valence-corrected chi connectivity index (χ1v) is 11.2. The van der Waals surface area contributed by atoms with Gasteiger partial charge in [-0.15, -0.1) is 0 Å². The summed E-state index contributed by atoms with van der Waals surface area (Å²) in [5, 5.41) is 7.15. The first-order chi connectivity index (χ1) is 15.7. The second-order valence-electron chi connectivity index (χ2n) is 6.51. The lowest BCUT2D eigenvalue weighted by Crippen LogP contribution is -2.18. The molecule has 0 aromatic carbocycles. The maximum atomic E-state index is 12.9. The minimum Gasteiger partial charge on any atom is -0.351 e. The highest BCUT2D eigenvalue weighted by molar-refractivity contribution is 9.10. The Bertz CT molecular complexity index is 872. The molecular weight excluding hydrogens is 495 g/mol. The third-order valence-electron chi connectivity index (χ3n) is 4.12. The number of allylic oxidation sites excluding steroid dienone is 9. The zero-order chi connectivity index (χ0) is 25.3. The van der Waals surface area contributed by atoms with Gasteiger partial charge in [-0.3, -0.25) is 4.99 Å². The van der Waals surface area contributed by atoms with Crippen LogP contribution >= 0.6 is 15.9 Å². The van der Waals surface area contributed by atoms with E-state index in [1.165, 1.54) is 18.5 Å². The molecule has 33 heavy (non-hydrogen) atoms. The van der Waals surface area contributed by atoms with Crippen LogP contribution in [0.3, 0.4) is 0 Å². The van der Waals surface area contributed by atoms with Gasteiger partial charge in [0.2, 0.25) is 0 Å². The lowest BCUT2D eigenvalue weighted by Gasteiger charge is -2.11. The Labute approximate surface area is 203 Å². The van der Waals surface area contributed by atoms with Gasteiger partial charge < -0.3 is 10.3 Å². The Morgan fingerprint density at radius 1 is 1.27 bits per heavy atom. The molecule has 9 heteroatoms. The summed E-state index contributed by atoms with van der Waals surface area (Å²) in [6.07, 6.45) is 12.1. The Balaban J connectivity index is 0.00000111. The zero-order valence-corrected chi connectivity index (χ0v) is 21.4. The van der Waals surface area contributed by atoms with Gasteiger partial charge in [-0.05, 0) is 49.3 Å². The Kier molecular flexibility index (Phi) is 15.5. The van der Waals surface area contributed by atoms with Crippen LogP contribution in [0.25, 0.3) is 5.57 Å². The summed E-state index contributed by atoms with van der Waals surface area (Å²) in [5.41, 5.74) is 2.12. The number of aliphatic imine (C=N–C) groups is 2. The third-order valence-corrected chi connectivity index (χ3v) is 4.70. The highest BCUT2D eigenvalue weighted by Crippen LogP contribution is 2.33. The van der Waals surface area contributed by atoms with Crippen LogP contribution in [0, 0.1) is 5.92 Å². The predicted molar refractivity (Wildman–Crippen MR) is 137 cm³/mol. The van der Waals surface area contributed by atoms with Crippen molar-refractivity contribution in [2.45, 2.75) is 47.0 Å². The summed E-state index contributed by atoms with van der Waals surface area (Å²) < 4.78 is 40.9. The van der Waals surface area contributed by atoms with Crippen molar-refractivity contribution in [1.29, 1.82) is 0 Å². The first-order valence-electron chi connectivity index (χ1n) is 10.4. The Morgan fingerprint density at radius 3 is 2.42 bits per heavy atom. The zero-order valence-electron chi connectivity index (χ0n) is 19.8. The van der Waals surface area contributed by atoms with Gasteiger partial charge in [-0.1, -0.05) is 56.0 Å². The minimum atomic E-state index is -4.30. The maximum absolute atomic E-state index is 12.9. The molecule has 1 unspecified atom stereocenters. The summed E-state index contributed by atoms with van der Waals surface area (Å²) in [6.45, 7) is 11.9. The molecule has 1 aliphatic carbocycles. The van der Waals surface area contributed by atoms with E-state index < -0.39 is 12.1 Å². The lowest BCUT2D eigenvalue weighted by molar-refractivity contribution is -0.148. The van der Waals surface area contributed by atoms with Gasteiger partial charge in [0, 0.05) is 18.3 Å². The fraction of sp³-hybridized carbons (Fsp3) is 0.375. The molecule has 1 aliphatic rings. The van der Waals surface area contributed by atoms with E-state index in [0.29, 0.717) is 15.7 Å². The number of halogens is 4. The van der Waals surface area contributed by atoms with Crippen LogP contribution < -0.4 is 5.32 Å². The van der Waals surface area contributed by atoms with Crippen LogP contribution in [0.15, 0.2) is 75.5 Å². The molecule has 0 saturated carbocycles. The van der Waals surface area contributed by atoms with E-state index in [0.717, 1.165) is 24.3 Å². The first kappa shape index (κ1) is 30.3. The van der Waals surface area contributed by atoms with Gasteiger partial charge >= 0.3 is 6.18 Å². The summed E-state index contributed by atoms with van der Waals surface area (Å²) in [5.74, 6) is -1.60. The van der Waals surface area contributed by atoms with Crippen molar-refractivity contribution in [1.82, 2.24) is 15.1 Å². The Hall–Kier alpha value is -2.68. The molecule has 1 heterocycles. The number of hydrogen-bond acceptors (Lipinski definition) is 3. The molecule has 0 aliphatic heterocycles. The Morgan fingerprint density at radius 2 is 1.91 bits per heavy atom. The number of rotatable bonds is 6. The molecule has 5 nitrogen and oxygen atoms in total. The number of alkyl halides is 3. The van der Waals surface area contributed by atoms with Crippen molar-refractivity contribution in [2.24, 2.45) is 15.9 Å². The second kappa shape index (κ2) is 16.9. The van der Waals surface area contributed by atoms with Crippen LogP contribution in [-0.4, -0.2) is 35.6 Å². The number of aromatic nitrogens is 2. The maximum Gasteiger partial charge on any atom is 0.398 e. The fourth-order valence-electron chi connectivity index (χ4n) is 2.10. The summed E-state index contributed by atoms with van der Waals surface area (Å²) in [7, 11) is 1.75. The van der Waals surface area contributed by atoms with E-state index in [1.807, 2.05) is 39.8 Å². The van der Waals surface area contributed by atoms with Crippen molar-refractivity contribution >= 4 is 34.1 Å². The normalized spacial score (nSPS) is 15.7. The molecule has 0 amide bonds. The van der Waals surface area contributed by atoms with Crippen LogP contribution in [-0.2, 0) is 6.67 Å². The predicted octanol–water partition coefficient (Wildman–Crippen LogP) is 7.12. The highest BCUT2D eigenvalue weighted by atomic mass is 79.9. The summed E-state index contributed by atoms with van der Waals surface area (Å²) in [4.78, 5) is 7.82. The van der Waals surface area contributed by atoms with Gasteiger partial charge in [0.25, 0.3) is 0 Å². The van der Waals surface area contributed by atoms with Crippen molar-refractivity contribution in [3.05, 3.63) is 71.2 Å². The van der Waals surface area contributed by atoms with Crippen molar-refractivity contribution < 1.29 is 13.2 Å². The van der Waals surface area contributed by atoms with Crippen LogP contribution in [0.1, 0.15) is 39.8 Å². The van der Waals surface area contributed by atoms with Crippen LogP contribution in [0.2, 0.25) is 0 Å². The molecule has 0 fully saturated rings. The van der Waals surface area contributed by atoms with Gasteiger partial charge in [0.1, 0.15) is 6.67 Å². The van der Waals surface area contributed by atoms with E-state index in [4.69, 9.17) is 0 Å². The molecule has 182 valence electrons. The molecule has 2 rings (SSSR count). The molecule has 0 bridgehead atoms. The molecule has 0 spiro atoms. The quantitative estimate of drug-likeness (QED) is 0.243. The molecule has 1 N–H and O–H groups in total. The minimum absolute atomic E-state index is 0.225. The van der Waals surface area contributed by atoms with E-state index in [-0.39, 0.29) is 6.67 Å². The largest absolute Gasteiger partial charge is 0.398 e. The lowest BCUT2D eigenvalue weighted by atomic mass is 10.1. The number of nitrogens with zero attached hydrogens (tertiary/aromatic N) is 4. The van der Waals surface area contributed by atoms with E-state index in [2.05, 4.69) is 42.9 Å². The van der Waals surface area contributed by atoms with Gasteiger partial charge in [0.05, 0.1) is 28.6 Å². The molecular formula is C24H33BrF3N5. The van der Waals surface area contributed by atoms with Crippen molar-refractivity contribution in [3.63, 3.8) is 0 Å². The van der Waals surface area contributed by atoms with Crippen LogP contribution in [0.4, 0.5) is 13.2 Å². The van der Waals surface area contributed by atoms with Gasteiger partial charge in [-0.25, -0.2) is 4.68 Å². The molecule has 0 radical (unpaired) electrons. The SMILES string of the molecule is C/C=C\C.C=C(CC)N/C=N/Cn1ncc(Br)c1C1=CC=CC(C(F)(F)F)C=C1.CC=NC. The molecule has 1 aromatic heterocycles. The third kappa shape index (κ3) is 12.2. The molecule has 0 saturated heterocycles. The smallest absolute Gasteiger partial charge is 0.351 e. The fourth-order valence-corrected chi connectivity index (χ4v) is 2.62. The summed E-state index contributed by atoms with van der Waals surface area (Å²) in [6, 6.07) is 0. The van der Waals surface area contributed by atoms with Gasteiger partial charge in [-0.2, -0.15) is 18.3 Å². The average molecular weight is 528 g/mol. The van der Waals surface area contributed by atoms with Gasteiger partial charge in [0.15, 0.2) is 0 Å². The highest BCUT2D eigenvalue weighted by Gasteiger charge is 2.36. The molecule has 1 aromatic rings. The van der Waals surface area contributed by atoms with Crippen molar-refractivity contribution in [2.75, 3.05) is 7.05 Å². The van der Waals surface area contributed by atoms with Crippen LogP contribution in [0.5, 0.6) is 0 Å². The average Bonchev–Trinajstić information content (AvgIpc) is 2.99. The van der Waals surface area contributed by atoms with E-state index in [1.54, 1.807) is 30.2 Å². The number of nitrogens with one attached hydrogen (secondary N) is 1. The van der Waals surface area contributed by atoms with E-state index >= 15 is 0 Å². The standard InChI is InChI=1S/C17H18BrF3N4.C4H8.C3H7N/c1-3-12(2)23-10-22-11-25-16(15(18)9-24-25)13-5-4-6-14(8-7-13)17(19,20)21;2*1-3-4-2/h4-10,14H,2-3,11H2,1H3,(H,22,23);3-4H,1-2H3;3H,1-2H3/b;4-3-;. The number of hydrogen-bond donors (Lipinski definition) is 1.